The van der Waals surface area contributed by atoms with E-state index < -0.39 is 11.9 Å². The average Bonchev–Trinajstić information content (AvgIpc) is 2.57. The number of carbonyl (C=O) groups is 2. The van der Waals surface area contributed by atoms with Crippen LogP contribution in [0.25, 0.3) is 0 Å². The molecule has 0 radical (unpaired) electrons. The number of hydrogen-bond acceptors (Lipinski definition) is 4. The molecule has 1 heterocycles. The average molecular weight is 388 g/mol. The number of esters is 1. The number of dihydropyridines is 1. The summed E-state index contributed by atoms with van der Waals surface area (Å²) in [5.74, 6) is -0.828. The Morgan fingerprint density at radius 1 is 1.30 bits per heavy atom. The minimum Gasteiger partial charge on any atom is -0.462 e. The van der Waals surface area contributed by atoms with Gasteiger partial charge in [-0.1, -0.05) is 50.6 Å². The highest BCUT2D eigenvalue weighted by Gasteiger charge is 2.43. The number of hydrogen-bond donors (Lipinski definition) is 1. The quantitative estimate of drug-likeness (QED) is 0.747. The zero-order valence-electron chi connectivity index (χ0n) is 16.3. The summed E-state index contributed by atoms with van der Waals surface area (Å²) in [6.45, 7) is 8.34. The highest BCUT2D eigenvalue weighted by molar-refractivity contribution is 6.31. The van der Waals surface area contributed by atoms with E-state index in [9.17, 15) is 9.59 Å². The lowest BCUT2D eigenvalue weighted by molar-refractivity contribution is -0.139. The second-order valence-corrected chi connectivity index (χ2v) is 8.49. The molecule has 2 aliphatic rings. The predicted octanol–water partition coefficient (Wildman–Crippen LogP) is 4.90. The minimum absolute atomic E-state index is 0.0620. The van der Waals surface area contributed by atoms with Gasteiger partial charge in [0.15, 0.2) is 5.78 Å². The van der Waals surface area contributed by atoms with Crippen LogP contribution >= 0.6 is 11.6 Å². The van der Waals surface area contributed by atoms with E-state index in [4.69, 9.17) is 16.3 Å². The van der Waals surface area contributed by atoms with Gasteiger partial charge in [0.1, 0.15) is 0 Å². The smallest absolute Gasteiger partial charge is 0.336 e. The van der Waals surface area contributed by atoms with Gasteiger partial charge in [-0.2, -0.15) is 0 Å². The zero-order valence-corrected chi connectivity index (χ0v) is 17.1. The second-order valence-electron chi connectivity index (χ2n) is 8.09. The molecule has 0 aromatic heterocycles. The molecule has 144 valence electrons. The summed E-state index contributed by atoms with van der Waals surface area (Å²) >= 11 is 6.49. The number of allylic oxidation sites excluding steroid dienone is 3. The van der Waals surface area contributed by atoms with Crippen molar-refractivity contribution in [2.45, 2.75) is 52.9 Å². The second kappa shape index (κ2) is 7.51. The molecular weight excluding hydrogens is 362 g/mol. The summed E-state index contributed by atoms with van der Waals surface area (Å²) in [5.41, 5.74) is 3.40. The Kier molecular flexibility index (Phi) is 5.48. The molecule has 0 spiro atoms. The predicted molar refractivity (Wildman–Crippen MR) is 106 cm³/mol. The topological polar surface area (TPSA) is 55.4 Å². The molecule has 1 N–H and O–H groups in total. The van der Waals surface area contributed by atoms with Crippen molar-refractivity contribution in [1.29, 1.82) is 0 Å². The van der Waals surface area contributed by atoms with E-state index in [1.807, 2.05) is 32.0 Å². The molecule has 1 atom stereocenters. The Bertz CT molecular complexity index is 851. The minimum atomic E-state index is -0.497. The fourth-order valence-corrected chi connectivity index (χ4v) is 4.24. The van der Waals surface area contributed by atoms with Crippen LogP contribution in [0.4, 0.5) is 0 Å². The van der Waals surface area contributed by atoms with Crippen molar-refractivity contribution >= 4 is 23.4 Å². The van der Waals surface area contributed by atoms with Gasteiger partial charge in [0, 0.05) is 34.3 Å². The third-order valence-corrected chi connectivity index (χ3v) is 5.46. The highest BCUT2D eigenvalue weighted by atomic mass is 35.5. The first-order valence-electron chi connectivity index (χ1n) is 9.40. The first kappa shape index (κ1) is 19.7. The van der Waals surface area contributed by atoms with Gasteiger partial charge >= 0.3 is 5.97 Å². The van der Waals surface area contributed by atoms with Crippen LogP contribution in [0.5, 0.6) is 0 Å². The fourth-order valence-electron chi connectivity index (χ4n) is 4.00. The van der Waals surface area contributed by atoms with E-state index in [2.05, 4.69) is 19.2 Å². The normalized spacial score (nSPS) is 21.7. The molecule has 0 bridgehead atoms. The summed E-state index contributed by atoms with van der Waals surface area (Å²) in [6.07, 6.45) is 1.94. The summed E-state index contributed by atoms with van der Waals surface area (Å²) in [7, 11) is 0. The van der Waals surface area contributed by atoms with E-state index in [1.54, 1.807) is 6.07 Å². The van der Waals surface area contributed by atoms with E-state index in [0.29, 0.717) is 29.2 Å². The van der Waals surface area contributed by atoms with Gasteiger partial charge in [-0.05, 0) is 36.8 Å². The van der Waals surface area contributed by atoms with Crippen molar-refractivity contribution in [2.75, 3.05) is 6.61 Å². The number of halogens is 1. The van der Waals surface area contributed by atoms with Crippen LogP contribution < -0.4 is 5.32 Å². The Balaban J connectivity index is 2.16. The van der Waals surface area contributed by atoms with Gasteiger partial charge in [-0.3, -0.25) is 4.79 Å². The number of Topliss-reactive ketones (excluding diaryl/α,β-unsaturated/α-hetero) is 1. The van der Waals surface area contributed by atoms with Crippen LogP contribution in [-0.4, -0.2) is 18.4 Å². The maximum atomic E-state index is 13.1. The largest absolute Gasteiger partial charge is 0.462 e. The molecular formula is C22H26ClNO3. The lowest BCUT2D eigenvalue weighted by atomic mass is 9.68. The number of benzene rings is 1. The van der Waals surface area contributed by atoms with Gasteiger partial charge in [-0.25, -0.2) is 4.79 Å². The van der Waals surface area contributed by atoms with E-state index in [-0.39, 0.29) is 11.2 Å². The molecule has 0 fully saturated rings. The Morgan fingerprint density at radius 3 is 2.67 bits per heavy atom. The molecule has 1 aromatic rings. The van der Waals surface area contributed by atoms with Crippen LogP contribution in [0.3, 0.4) is 0 Å². The molecule has 4 nitrogen and oxygen atoms in total. The number of nitrogens with one attached hydrogen (secondary N) is 1. The van der Waals surface area contributed by atoms with E-state index in [0.717, 1.165) is 29.8 Å². The number of rotatable bonds is 4. The zero-order chi connectivity index (χ0) is 19.8. The third kappa shape index (κ3) is 3.81. The maximum absolute atomic E-state index is 13.1. The third-order valence-electron chi connectivity index (χ3n) is 5.11. The molecule has 0 saturated carbocycles. The van der Waals surface area contributed by atoms with Crippen LogP contribution in [0.1, 0.15) is 58.4 Å². The van der Waals surface area contributed by atoms with Gasteiger partial charge in [0.2, 0.25) is 0 Å². The number of carbonyl (C=O) groups excluding carboxylic acids is 2. The molecule has 1 aliphatic carbocycles. The monoisotopic (exact) mass is 387 g/mol. The van der Waals surface area contributed by atoms with Crippen LogP contribution in [-0.2, 0) is 14.3 Å². The van der Waals surface area contributed by atoms with Gasteiger partial charge in [0.25, 0.3) is 0 Å². The van der Waals surface area contributed by atoms with Gasteiger partial charge in [-0.15, -0.1) is 0 Å². The number of ether oxygens (including phenoxy) is 1. The molecule has 1 unspecified atom stereocenters. The molecule has 1 aliphatic heterocycles. The Morgan fingerprint density at radius 2 is 2.00 bits per heavy atom. The van der Waals surface area contributed by atoms with E-state index >= 15 is 0 Å². The van der Waals surface area contributed by atoms with Crippen molar-refractivity contribution in [3.05, 3.63) is 57.4 Å². The van der Waals surface area contributed by atoms with Gasteiger partial charge < -0.3 is 10.1 Å². The van der Waals surface area contributed by atoms with Crippen molar-refractivity contribution in [1.82, 2.24) is 5.32 Å². The van der Waals surface area contributed by atoms with Crippen LogP contribution in [0.2, 0.25) is 5.02 Å². The Labute approximate surface area is 165 Å². The first-order chi connectivity index (χ1) is 12.7. The van der Waals surface area contributed by atoms with Crippen molar-refractivity contribution in [3.8, 4) is 0 Å². The summed E-state index contributed by atoms with van der Waals surface area (Å²) in [5, 5.41) is 3.87. The van der Waals surface area contributed by atoms with Crippen molar-refractivity contribution in [2.24, 2.45) is 5.41 Å². The van der Waals surface area contributed by atoms with Gasteiger partial charge in [0.05, 0.1) is 12.2 Å². The van der Waals surface area contributed by atoms with E-state index in [1.165, 1.54) is 0 Å². The van der Waals surface area contributed by atoms with Crippen LogP contribution in [0, 0.1) is 5.41 Å². The first-order valence-corrected chi connectivity index (χ1v) is 9.78. The molecule has 5 heteroatoms. The Hall–Kier alpha value is -2.07. The molecule has 27 heavy (non-hydrogen) atoms. The highest BCUT2D eigenvalue weighted by Crippen LogP contribution is 2.47. The maximum Gasteiger partial charge on any atom is 0.336 e. The lowest BCUT2D eigenvalue weighted by Gasteiger charge is -2.39. The SMILES string of the molecule is CCCOC(=O)C1=C(C)NC2=C(C(=O)CC(C)(C)C2)C1c1ccccc1Cl. The van der Waals surface area contributed by atoms with Crippen molar-refractivity contribution < 1.29 is 14.3 Å². The molecule has 1 aromatic carbocycles. The van der Waals surface area contributed by atoms with Crippen LogP contribution in [0.15, 0.2) is 46.8 Å². The van der Waals surface area contributed by atoms with Crippen molar-refractivity contribution in [3.63, 3.8) is 0 Å². The number of ketones is 1. The molecule has 0 saturated heterocycles. The summed E-state index contributed by atoms with van der Waals surface area (Å²) in [4.78, 5) is 26.0. The molecule has 0 amide bonds. The standard InChI is InChI=1S/C22H26ClNO3/c1-5-10-27-21(26)18-13(2)24-16-11-22(3,4)12-17(25)20(16)19(18)14-8-6-7-9-15(14)23/h6-9,19,24H,5,10-12H2,1-4H3. The molecule has 3 rings (SSSR count). The fraction of sp³-hybridized carbons (Fsp3) is 0.455. The summed E-state index contributed by atoms with van der Waals surface area (Å²) in [6, 6.07) is 7.40. The lowest BCUT2D eigenvalue weighted by Crippen LogP contribution is -2.38. The summed E-state index contributed by atoms with van der Waals surface area (Å²) < 4.78 is 5.43.